The van der Waals surface area contributed by atoms with Crippen LogP contribution in [0.5, 0.6) is 22.1 Å². The van der Waals surface area contributed by atoms with Gasteiger partial charge in [0.15, 0.2) is 21.6 Å². The van der Waals surface area contributed by atoms with Gasteiger partial charge in [-0.25, -0.2) is 55.9 Å². The van der Waals surface area contributed by atoms with Gasteiger partial charge in [0.25, 0.3) is 22.1 Å². The van der Waals surface area contributed by atoms with Crippen LogP contribution < -0.4 is 18.9 Å². The number of halogens is 8. The van der Waals surface area contributed by atoms with Crippen molar-refractivity contribution < 1.29 is 73.9 Å². The minimum absolute atomic E-state index is 0.0230. The van der Waals surface area contributed by atoms with Gasteiger partial charge >= 0.3 is 11.9 Å². The third kappa shape index (κ3) is 12.5. The number of carboxylic acids is 2. The number of aromatic carboxylic acids is 2. The van der Waals surface area contributed by atoms with Crippen molar-refractivity contribution in [1.29, 1.82) is 0 Å². The average molecular weight is 1230 g/mol. The van der Waals surface area contributed by atoms with Crippen LogP contribution in [-0.4, -0.2) is 99.2 Å². The Hall–Kier alpha value is -9.18. The maximum atomic E-state index is 15.5. The largest absolute Gasteiger partial charge is 0.478 e. The lowest BCUT2D eigenvalue weighted by Crippen LogP contribution is -2.16. The summed E-state index contributed by atoms with van der Waals surface area (Å²) in [6.07, 6.45) is 2.35. The molecule has 6 aromatic heterocycles. The van der Waals surface area contributed by atoms with Gasteiger partial charge in [-0.2, -0.15) is 0 Å². The fraction of sp³-hybridized carbons (Fsp3) is 0.276. The van der Waals surface area contributed by atoms with Gasteiger partial charge in [-0.3, -0.25) is 8.78 Å². The standard InChI is InChI=1S/2C29H23F4N5O4S/c2*1-41-28-37-36-25(43-28)12-42-26-18(31)3-5-21(35-26)17-11-19(32)16(8-20(17)33)10-24-34-22-4-2-15(27(39)40)9-23(22)38(24)14-29(13-30)6-7-29/h2*2-5,8-9,11H,6-7,10,12-14H2,1H3,(H,39,40). The molecule has 0 aliphatic heterocycles. The van der Waals surface area contributed by atoms with Crippen LogP contribution >= 0.6 is 22.7 Å². The van der Waals surface area contributed by atoms with Gasteiger partial charge in [-0.1, -0.05) is 32.9 Å². The molecule has 0 saturated heterocycles. The molecule has 0 bridgehead atoms. The molecule has 0 spiro atoms. The lowest BCUT2D eigenvalue weighted by molar-refractivity contribution is 0.0686. The number of rotatable bonds is 22. The smallest absolute Gasteiger partial charge is 0.335 e. The molecule has 2 fully saturated rings. The minimum Gasteiger partial charge on any atom is -0.478 e. The number of methoxy groups -OCH3 is 2. The van der Waals surface area contributed by atoms with E-state index in [2.05, 4.69) is 40.3 Å². The number of pyridine rings is 2. The van der Waals surface area contributed by atoms with Crippen LogP contribution in [0.15, 0.2) is 84.9 Å². The molecule has 0 radical (unpaired) electrons. The molecular formula is C58H46F8N10O8S2. The van der Waals surface area contributed by atoms with E-state index >= 15 is 17.6 Å². The molecule has 12 rings (SSSR count). The number of ether oxygens (including phenoxy) is 4. The van der Waals surface area contributed by atoms with Crippen LogP contribution in [0.4, 0.5) is 35.1 Å². The van der Waals surface area contributed by atoms with E-state index in [1.165, 1.54) is 62.8 Å². The number of fused-ring (bicyclic) bond motifs is 2. The van der Waals surface area contributed by atoms with E-state index in [-0.39, 0.29) is 83.9 Å². The van der Waals surface area contributed by atoms with Crippen molar-refractivity contribution in [2.45, 2.75) is 64.8 Å². The zero-order valence-electron chi connectivity index (χ0n) is 45.2. The lowest BCUT2D eigenvalue weighted by atomic mass is 10.0. The summed E-state index contributed by atoms with van der Waals surface area (Å²) in [6.45, 7) is -0.994. The molecule has 86 heavy (non-hydrogen) atoms. The molecule has 2 aliphatic carbocycles. The fourth-order valence-electron chi connectivity index (χ4n) is 9.47. The first kappa shape index (κ1) is 58.6. The van der Waals surface area contributed by atoms with Gasteiger partial charge in [0.05, 0.1) is 72.2 Å². The predicted molar refractivity (Wildman–Crippen MR) is 295 cm³/mol. The molecule has 10 aromatic rings. The zero-order chi connectivity index (χ0) is 60.6. The highest BCUT2D eigenvalue weighted by Crippen LogP contribution is 2.49. The molecule has 18 nitrogen and oxygen atoms in total. The molecule has 0 amide bonds. The van der Waals surface area contributed by atoms with Crippen LogP contribution in [0.1, 0.15) is 79.2 Å². The monoisotopic (exact) mass is 1230 g/mol. The van der Waals surface area contributed by atoms with Crippen LogP contribution in [-0.2, 0) is 39.1 Å². The van der Waals surface area contributed by atoms with Crippen molar-refractivity contribution in [2.75, 3.05) is 27.6 Å². The van der Waals surface area contributed by atoms with Crippen molar-refractivity contribution >= 4 is 56.7 Å². The number of alkyl halides is 2. The van der Waals surface area contributed by atoms with E-state index in [1.807, 2.05) is 0 Å². The van der Waals surface area contributed by atoms with Crippen LogP contribution in [0.2, 0.25) is 0 Å². The highest BCUT2D eigenvalue weighted by molar-refractivity contribution is 7.13. The molecule has 2 aliphatic rings. The summed E-state index contributed by atoms with van der Waals surface area (Å²) < 4.78 is 142. The summed E-state index contributed by atoms with van der Waals surface area (Å²) in [7, 11) is 2.86. The quantitative estimate of drug-likeness (QED) is 0.0602. The number of imidazole rings is 2. The predicted octanol–water partition coefficient (Wildman–Crippen LogP) is 12.0. The number of benzene rings is 4. The highest BCUT2D eigenvalue weighted by atomic mass is 32.1. The number of hydrogen-bond acceptors (Lipinski definition) is 16. The molecule has 2 N–H and O–H groups in total. The Morgan fingerprint density at radius 1 is 0.523 bits per heavy atom. The van der Waals surface area contributed by atoms with E-state index in [4.69, 9.17) is 18.9 Å². The molecule has 28 heteroatoms. The van der Waals surface area contributed by atoms with Gasteiger partial charge in [0, 0.05) is 47.9 Å². The molecule has 4 aromatic carbocycles. The Kier molecular flexibility index (Phi) is 16.4. The Morgan fingerprint density at radius 2 is 0.930 bits per heavy atom. The van der Waals surface area contributed by atoms with Crippen LogP contribution in [0.25, 0.3) is 44.6 Å². The average Bonchev–Trinajstić information content (AvgIpc) is 1.82. The minimum atomic E-state index is -1.13. The first-order valence-corrected chi connectivity index (χ1v) is 27.9. The molecule has 6 heterocycles. The van der Waals surface area contributed by atoms with Crippen molar-refractivity contribution in [1.82, 2.24) is 49.5 Å². The Bertz CT molecular complexity index is 3980. The van der Waals surface area contributed by atoms with E-state index in [1.54, 1.807) is 9.13 Å². The Balaban J connectivity index is 0.000000179. The first-order valence-electron chi connectivity index (χ1n) is 26.2. The lowest BCUT2D eigenvalue weighted by Gasteiger charge is -2.16. The van der Waals surface area contributed by atoms with Crippen molar-refractivity contribution in [3.63, 3.8) is 0 Å². The van der Waals surface area contributed by atoms with E-state index in [0.717, 1.165) is 59.1 Å². The van der Waals surface area contributed by atoms with Gasteiger partial charge in [0.2, 0.25) is 0 Å². The number of hydrogen-bond donors (Lipinski definition) is 2. The van der Waals surface area contributed by atoms with Crippen LogP contribution in [0, 0.1) is 45.7 Å². The summed E-state index contributed by atoms with van der Waals surface area (Å²) in [5.74, 6) is -7.18. The van der Waals surface area contributed by atoms with Crippen molar-refractivity contribution in [2.24, 2.45) is 10.8 Å². The van der Waals surface area contributed by atoms with Gasteiger partial charge in [-0.15, -0.1) is 10.2 Å². The SMILES string of the molecule is COc1nnc(COc2nc(-c3cc(F)c(Cc4nc5ccc(C(=O)O)cc5n4CC4(CF)CC4)cc3F)ccc2F)s1.COc1nnc(COc2nc(-c3cc(F)c(Cc4nc5ccc(C(=O)O)cc5n4CC4(CF)CC4)cc3F)ccc2F)s1. The van der Waals surface area contributed by atoms with Gasteiger partial charge in [0.1, 0.15) is 48.1 Å². The normalized spacial score (nSPS) is 13.8. The summed E-state index contributed by atoms with van der Waals surface area (Å²) in [6, 6.07) is 17.2. The molecular weight excluding hydrogens is 1180 g/mol. The fourth-order valence-corrected chi connectivity index (χ4v) is 10.6. The maximum absolute atomic E-state index is 15.5. The summed E-state index contributed by atoms with van der Waals surface area (Å²) in [5.41, 5.74) is 0.175. The van der Waals surface area contributed by atoms with Crippen molar-refractivity contribution in [3.05, 3.63) is 164 Å². The van der Waals surface area contributed by atoms with E-state index in [9.17, 15) is 37.4 Å². The third-order valence-corrected chi connectivity index (χ3v) is 16.4. The number of nitrogens with zero attached hydrogens (tertiary/aromatic N) is 10. The second-order valence-corrected chi connectivity index (χ2v) is 22.6. The zero-order valence-corrected chi connectivity index (χ0v) is 46.9. The van der Waals surface area contributed by atoms with E-state index < -0.39 is 82.8 Å². The second-order valence-electron chi connectivity index (χ2n) is 20.6. The van der Waals surface area contributed by atoms with E-state index in [0.29, 0.717) is 79.8 Å². The summed E-state index contributed by atoms with van der Waals surface area (Å²) in [4.78, 5) is 40.3. The molecule has 0 unspecified atom stereocenters. The number of carbonyl (C=O) groups is 2. The van der Waals surface area contributed by atoms with Gasteiger partial charge < -0.3 is 38.3 Å². The maximum Gasteiger partial charge on any atom is 0.335 e. The number of aromatic nitrogens is 10. The number of carboxylic acid groups (broad SMARTS) is 2. The second kappa shape index (κ2) is 24.1. The Morgan fingerprint density at radius 3 is 1.28 bits per heavy atom. The summed E-state index contributed by atoms with van der Waals surface area (Å²) in [5, 5.41) is 35.5. The Labute approximate surface area is 489 Å². The first-order chi connectivity index (χ1) is 41.4. The topological polar surface area (TPSA) is 224 Å². The van der Waals surface area contributed by atoms with Crippen molar-refractivity contribution in [3.8, 4) is 44.7 Å². The molecule has 444 valence electrons. The van der Waals surface area contributed by atoms with Crippen LogP contribution in [0.3, 0.4) is 0 Å². The molecule has 0 atom stereocenters. The third-order valence-electron chi connectivity index (χ3n) is 14.7. The highest BCUT2D eigenvalue weighted by Gasteiger charge is 2.45. The molecule has 2 saturated carbocycles. The van der Waals surface area contributed by atoms with Gasteiger partial charge in [-0.05, 0) is 122 Å². The summed E-state index contributed by atoms with van der Waals surface area (Å²) >= 11 is 2.19.